The summed E-state index contributed by atoms with van der Waals surface area (Å²) >= 11 is 0. The van der Waals surface area contributed by atoms with Crippen molar-refractivity contribution in [1.82, 2.24) is 14.5 Å². The minimum absolute atomic E-state index is 0.153. The van der Waals surface area contributed by atoms with Crippen LogP contribution in [-0.4, -0.2) is 58.2 Å². The normalized spacial score (nSPS) is 17.5. The number of nitrogens with one attached hydrogen (secondary N) is 1. The molecule has 0 bridgehead atoms. The van der Waals surface area contributed by atoms with Gasteiger partial charge in [-0.25, -0.2) is 9.78 Å². The van der Waals surface area contributed by atoms with Crippen molar-refractivity contribution in [2.45, 2.75) is 58.1 Å². The first-order valence-electron chi connectivity index (χ1n) is 11.5. The number of hydrogen-bond donors (Lipinski definition) is 1. The van der Waals surface area contributed by atoms with Gasteiger partial charge in [-0.1, -0.05) is 0 Å². The van der Waals surface area contributed by atoms with Crippen LogP contribution >= 0.6 is 0 Å². The third-order valence-corrected chi connectivity index (χ3v) is 5.96. The van der Waals surface area contributed by atoms with Crippen LogP contribution < -0.4 is 10.2 Å². The Hall–Kier alpha value is -3.03. The molecule has 0 spiro atoms. The molecule has 172 valence electrons. The number of likely N-dealkylation sites (tertiary alicyclic amines) is 1. The fourth-order valence-corrected chi connectivity index (χ4v) is 4.35. The van der Waals surface area contributed by atoms with Gasteiger partial charge in [-0.05, 0) is 70.7 Å². The van der Waals surface area contributed by atoms with E-state index in [0.717, 1.165) is 31.7 Å². The van der Waals surface area contributed by atoms with Gasteiger partial charge in [-0.3, -0.25) is 4.79 Å². The minimum atomic E-state index is -0.499. The summed E-state index contributed by atoms with van der Waals surface area (Å²) in [7, 11) is 0. The van der Waals surface area contributed by atoms with E-state index in [4.69, 9.17) is 4.74 Å². The number of amides is 2. The van der Waals surface area contributed by atoms with Crippen molar-refractivity contribution in [3.8, 4) is 0 Å². The fraction of sp³-hybridized carbons (Fsp3) is 0.542. The number of rotatable bonds is 4. The summed E-state index contributed by atoms with van der Waals surface area (Å²) in [6, 6.07) is 7.77. The fourth-order valence-electron chi connectivity index (χ4n) is 4.35. The number of carbonyl (C=O) groups excluding carboxylic acids is 2. The first-order valence-corrected chi connectivity index (χ1v) is 11.5. The molecule has 2 fully saturated rings. The number of anilines is 2. The van der Waals surface area contributed by atoms with Crippen molar-refractivity contribution in [1.29, 1.82) is 0 Å². The standard InChI is InChI=1S/C24H33N5O3/c1-24(2,3)32-23(31)28-15-10-19(11-16-28)29-14-6-7-20(29)22(30)26-18-8-9-21(25-17-18)27-12-4-5-13-27/h6-9,14,17,19H,4-5,10-13,15-16H2,1-3H3,(H,26,30). The van der Waals surface area contributed by atoms with Gasteiger partial charge in [0.15, 0.2) is 0 Å². The van der Waals surface area contributed by atoms with Gasteiger partial charge in [-0.2, -0.15) is 0 Å². The molecule has 8 nitrogen and oxygen atoms in total. The highest BCUT2D eigenvalue weighted by Crippen LogP contribution is 2.26. The van der Waals surface area contributed by atoms with Gasteiger partial charge in [0.05, 0.1) is 11.9 Å². The average molecular weight is 440 g/mol. The highest BCUT2D eigenvalue weighted by atomic mass is 16.6. The van der Waals surface area contributed by atoms with Crippen LogP contribution in [0.4, 0.5) is 16.3 Å². The molecule has 0 saturated carbocycles. The van der Waals surface area contributed by atoms with E-state index in [1.54, 1.807) is 11.1 Å². The molecule has 2 amide bonds. The quantitative estimate of drug-likeness (QED) is 0.768. The summed E-state index contributed by atoms with van der Waals surface area (Å²) in [5.41, 5.74) is 0.802. The molecular weight excluding hydrogens is 406 g/mol. The van der Waals surface area contributed by atoms with E-state index < -0.39 is 5.60 Å². The van der Waals surface area contributed by atoms with Crippen molar-refractivity contribution in [3.05, 3.63) is 42.4 Å². The molecule has 2 aliphatic rings. The summed E-state index contributed by atoms with van der Waals surface area (Å²) in [6.45, 7) is 8.92. The van der Waals surface area contributed by atoms with E-state index in [2.05, 4.69) is 15.2 Å². The van der Waals surface area contributed by atoms with Gasteiger partial charge in [-0.15, -0.1) is 0 Å². The van der Waals surface area contributed by atoms with Crippen LogP contribution in [0.3, 0.4) is 0 Å². The molecule has 4 rings (SSSR count). The second-order valence-corrected chi connectivity index (χ2v) is 9.55. The van der Waals surface area contributed by atoms with Gasteiger partial charge >= 0.3 is 6.09 Å². The van der Waals surface area contributed by atoms with Crippen molar-refractivity contribution in [2.75, 3.05) is 36.4 Å². The zero-order valence-corrected chi connectivity index (χ0v) is 19.2. The van der Waals surface area contributed by atoms with Crippen molar-refractivity contribution >= 4 is 23.5 Å². The molecule has 0 atom stereocenters. The van der Waals surface area contributed by atoms with E-state index in [1.165, 1.54) is 12.8 Å². The van der Waals surface area contributed by atoms with E-state index >= 15 is 0 Å². The molecule has 0 unspecified atom stereocenters. The van der Waals surface area contributed by atoms with Gasteiger partial charge in [0.2, 0.25) is 0 Å². The number of nitrogens with zero attached hydrogens (tertiary/aromatic N) is 4. The van der Waals surface area contributed by atoms with E-state index in [-0.39, 0.29) is 18.0 Å². The van der Waals surface area contributed by atoms with Gasteiger partial charge in [0.1, 0.15) is 17.1 Å². The Bertz CT molecular complexity index is 933. The maximum absolute atomic E-state index is 13.0. The molecule has 0 radical (unpaired) electrons. The molecule has 1 N–H and O–H groups in total. The molecule has 2 aromatic rings. The Balaban J connectivity index is 1.35. The summed E-state index contributed by atoms with van der Waals surface area (Å²) in [5.74, 6) is 0.806. The van der Waals surface area contributed by atoms with Crippen LogP contribution in [0, 0.1) is 0 Å². The second-order valence-electron chi connectivity index (χ2n) is 9.55. The smallest absolute Gasteiger partial charge is 0.410 e. The summed E-state index contributed by atoms with van der Waals surface area (Å²) < 4.78 is 7.50. The minimum Gasteiger partial charge on any atom is -0.444 e. The maximum atomic E-state index is 13.0. The number of piperidine rings is 1. The van der Waals surface area contributed by atoms with E-state index in [9.17, 15) is 9.59 Å². The second kappa shape index (κ2) is 9.22. The van der Waals surface area contributed by atoms with Crippen molar-refractivity contribution in [2.24, 2.45) is 0 Å². The van der Waals surface area contributed by atoms with Gasteiger partial charge < -0.3 is 24.4 Å². The third kappa shape index (κ3) is 5.23. The van der Waals surface area contributed by atoms with Crippen LogP contribution in [-0.2, 0) is 4.74 Å². The summed E-state index contributed by atoms with van der Waals surface area (Å²) in [6.07, 6.45) is 7.35. The number of hydrogen-bond acceptors (Lipinski definition) is 5. The lowest BCUT2D eigenvalue weighted by Gasteiger charge is -2.34. The Morgan fingerprint density at radius 1 is 1.06 bits per heavy atom. The maximum Gasteiger partial charge on any atom is 0.410 e. The molecule has 2 aliphatic heterocycles. The SMILES string of the molecule is CC(C)(C)OC(=O)N1CCC(n2cccc2C(=O)Nc2ccc(N3CCCC3)nc2)CC1. The number of pyridine rings is 1. The first kappa shape index (κ1) is 22.2. The third-order valence-electron chi connectivity index (χ3n) is 5.96. The Labute approximate surface area is 189 Å². The molecule has 32 heavy (non-hydrogen) atoms. The highest BCUT2D eigenvalue weighted by molar-refractivity contribution is 6.03. The molecule has 8 heteroatoms. The number of ether oxygens (including phenoxy) is 1. The predicted molar refractivity (Wildman–Crippen MR) is 124 cm³/mol. The molecule has 4 heterocycles. The Kier molecular flexibility index (Phi) is 6.39. The molecule has 2 aromatic heterocycles. The van der Waals surface area contributed by atoms with E-state index in [1.807, 2.05) is 55.8 Å². The lowest BCUT2D eigenvalue weighted by atomic mass is 10.0. The largest absolute Gasteiger partial charge is 0.444 e. The Morgan fingerprint density at radius 2 is 1.78 bits per heavy atom. The lowest BCUT2D eigenvalue weighted by molar-refractivity contribution is 0.0187. The van der Waals surface area contributed by atoms with Gasteiger partial charge in [0.25, 0.3) is 5.91 Å². The van der Waals surface area contributed by atoms with Crippen LogP contribution in [0.15, 0.2) is 36.7 Å². The van der Waals surface area contributed by atoms with Gasteiger partial charge in [0, 0.05) is 38.4 Å². The monoisotopic (exact) mass is 439 g/mol. The molecule has 0 aliphatic carbocycles. The topological polar surface area (TPSA) is 79.7 Å². The summed E-state index contributed by atoms with van der Waals surface area (Å²) in [4.78, 5) is 33.8. The Morgan fingerprint density at radius 3 is 2.41 bits per heavy atom. The number of carbonyl (C=O) groups is 2. The van der Waals surface area contributed by atoms with Crippen LogP contribution in [0.25, 0.3) is 0 Å². The summed E-state index contributed by atoms with van der Waals surface area (Å²) in [5, 5.41) is 2.97. The van der Waals surface area contributed by atoms with Crippen LogP contribution in [0.1, 0.15) is 63.0 Å². The first-order chi connectivity index (χ1) is 15.3. The highest BCUT2D eigenvalue weighted by Gasteiger charge is 2.28. The molecular formula is C24H33N5O3. The van der Waals surface area contributed by atoms with Crippen molar-refractivity contribution < 1.29 is 14.3 Å². The zero-order valence-electron chi connectivity index (χ0n) is 19.2. The lowest BCUT2D eigenvalue weighted by Crippen LogP contribution is -2.42. The number of aromatic nitrogens is 2. The average Bonchev–Trinajstić information content (AvgIpc) is 3.45. The van der Waals surface area contributed by atoms with Crippen LogP contribution in [0.2, 0.25) is 0 Å². The van der Waals surface area contributed by atoms with E-state index in [0.29, 0.717) is 24.5 Å². The zero-order chi connectivity index (χ0) is 22.7. The predicted octanol–water partition coefficient (Wildman–Crippen LogP) is 4.31. The van der Waals surface area contributed by atoms with Crippen LogP contribution in [0.5, 0.6) is 0 Å². The molecule has 2 saturated heterocycles. The van der Waals surface area contributed by atoms with Crippen molar-refractivity contribution in [3.63, 3.8) is 0 Å². The molecule has 0 aromatic carbocycles.